The number of hydrogen-bond donors (Lipinski definition) is 0. The summed E-state index contributed by atoms with van der Waals surface area (Å²) >= 11 is 3.67. The summed E-state index contributed by atoms with van der Waals surface area (Å²) < 4.78 is 12.7. The Kier molecular flexibility index (Phi) is 2.68. The monoisotopic (exact) mass is 242 g/mol. The van der Waals surface area contributed by atoms with Crippen LogP contribution in [0.3, 0.4) is 0 Å². The third kappa shape index (κ3) is 1.93. The maximum absolute atomic E-state index is 12.7. The minimum absolute atomic E-state index is 0.145. The molecule has 1 fully saturated rings. The topological polar surface area (TPSA) is 0 Å². The molecular weight excluding hydrogens is 231 g/mol. The van der Waals surface area contributed by atoms with Crippen molar-refractivity contribution < 1.29 is 4.39 Å². The molecular formula is C11H12BrF. The molecule has 0 aliphatic heterocycles. The third-order valence-electron chi connectivity index (χ3n) is 2.73. The van der Waals surface area contributed by atoms with Gasteiger partial charge in [0.2, 0.25) is 0 Å². The largest absolute Gasteiger partial charge is 0.207 e. The van der Waals surface area contributed by atoms with Crippen LogP contribution < -0.4 is 0 Å². The van der Waals surface area contributed by atoms with E-state index in [1.54, 1.807) is 12.1 Å². The van der Waals surface area contributed by atoms with E-state index < -0.39 is 0 Å². The molecule has 0 bridgehead atoms. The summed E-state index contributed by atoms with van der Waals surface area (Å²) in [5, 5.41) is 0. The number of benzene rings is 1. The van der Waals surface area contributed by atoms with Crippen molar-refractivity contribution in [2.75, 3.05) is 0 Å². The Morgan fingerprint density at radius 2 is 1.85 bits per heavy atom. The highest BCUT2D eigenvalue weighted by Gasteiger charge is 2.25. The molecule has 1 aromatic carbocycles. The molecule has 0 N–H and O–H groups in total. The lowest BCUT2D eigenvalue weighted by Gasteiger charge is -2.13. The van der Waals surface area contributed by atoms with Gasteiger partial charge in [-0.25, -0.2) is 4.39 Å². The zero-order valence-corrected chi connectivity index (χ0v) is 8.93. The molecule has 2 rings (SSSR count). The van der Waals surface area contributed by atoms with E-state index in [4.69, 9.17) is 0 Å². The van der Waals surface area contributed by atoms with Gasteiger partial charge in [0, 0.05) is 4.83 Å². The third-order valence-corrected chi connectivity index (χ3v) is 3.83. The van der Waals surface area contributed by atoms with Gasteiger partial charge >= 0.3 is 0 Å². The van der Waals surface area contributed by atoms with Crippen LogP contribution in [0, 0.1) is 5.82 Å². The fourth-order valence-corrected chi connectivity index (χ4v) is 2.89. The summed E-state index contributed by atoms with van der Waals surface area (Å²) in [4.78, 5) is 0.581. The summed E-state index contributed by atoms with van der Waals surface area (Å²) in [5.41, 5.74) is 1.26. The van der Waals surface area contributed by atoms with Crippen LogP contribution in [0.1, 0.15) is 30.7 Å². The molecule has 1 aliphatic rings. The Hall–Kier alpha value is -0.370. The first-order valence-corrected chi connectivity index (χ1v) is 5.58. The smallest absolute Gasteiger partial charge is 0.123 e. The number of hydrogen-bond acceptors (Lipinski definition) is 0. The second-order valence-corrected chi connectivity index (χ2v) is 4.78. The number of alkyl halides is 1. The highest BCUT2D eigenvalue weighted by Crippen LogP contribution is 2.38. The summed E-state index contributed by atoms with van der Waals surface area (Å²) in [6.07, 6.45) is 3.74. The molecule has 2 unspecified atom stereocenters. The lowest BCUT2D eigenvalue weighted by Crippen LogP contribution is -2.03. The molecule has 0 amide bonds. The maximum atomic E-state index is 12.7. The highest BCUT2D eigenvalue weighted by molar-refractivity contribution is 9.09. The summed E-state index contributed by atoms with van der Waals surface area (Å²) in [6, 6.07) is 6.90. The molecule has 0 nitrogen and oxygen atoms in total. The molecule has 0 heterocycles. The van der Waals surface area contributed by atoms with E-state index in [0.29, 0.717) is 10.7 Å². The van der Waals surface area contributed by atoms with Gasteiger partial charge in [-0.3, -0.25) is 0 Å². The van der Waals surface area contributed by atoms with Gasteiger partial charge in [-0.1, -0.05) is 34.5 Å². The van der Waals surface area contributed by atoms with Crippen LogP contribution in [-0.4, -0.2) is 4.83 Å². The van der Waals surface area contributed by atoms with Crippen molar-refractivity contribution in [1.82, 2.24) is 0 Å². The zero-order valence-electron chi connectivity index (χ0n) is 7.34. The summed E-state index contributed by atoms with van der Waals surface area (Å²) in [5.74, 6) is 0.438. The molecule has 0 radical (unpaired) electrons. The van der Waals surface area contributed by atoms with Gasteiger partial charge < -0.3 is 0 Å². The first-order chi connectivity index (χ1) is 6.27. The number of halogens is 2. The Balaban J connectivity index is 2.20. The Bertz CT molecular complexity index is 281. The SMILES string of the molecule is Fc1ccc(C2CCCC2Br)cc1. The molecule has 1 saturated carbocycles. The Morgan fingerprint density at radius 1 is 1.15 bits per heavy atom. The normalized spacial score (nSPS) is 27.8. The average Bonchev–Trinajstić information content (AvgIpc) is 2.53. The predicted octanol–water partition coefficient (Wildman–Crippen LogP) is 3.86. The fourth-order valence-electron chi connectivity index (χ4n) is 2.00. The molecule has 70 valence electrons. The van der Waals surface area contributed by atoms with Crippen LogP contribution >= 0.6 is 15.9 Å². The predicted molar refractivity (Wildman–Crippen MR) is 55.7 cm³/mol. The molecule has 1 aliphatic carbocycles. The lowest BCUT2D eigenvalue weighted by molar-refractivity contribution is 0.625. The molecule has 2 heteroatoms. The van der Waals surface area contributed by atoms with E-state index in [1.165, 1.54) is 24.8 Å². The van der Waals surface area contributed by atoms with E-state index in [1.807, 2.05) is 12.1 Å². The Labute approximate surface area is 86.3 Å². The molecule has 0 aromatic heterocycles. The highest BCUT2D eigenvalue weighted by atomic mass is 79.9. The van der Waals surface area contributed by atoms with Crippen LogP contribution in [-0.2, 0) is 0 Å². The first kappa shape index (κ1) is 9.20. The summed E-state index contributed by atoms with van der Waals surface area (Å²) in [7, 11) is 0. The van der Waals surface area contributed by atoms with E-state index in [0.717, 1.165) is 0 Å². The van der Waals surface area contributed by atoms with E-state index in [-0.39, 0.29) is 5.82 Å². The fraction of sp³-hybridized carbons (Fsp3) is 0.455. The van der Waals surface area contributed by atoms with Crippen molar-refractivity contribution in [1.29, 1.82) is 0 Å². The van der Waals surface area contributed by atoms with Gasteiger partial charge in [-0.15, -0.1) is 0 Å². The van der Waals surface area contributed by atoms with Crippen LogP contribution in [0.4, 0.5) is 4.39 Å². The van der Waals surface area contributed by atoms with Crippen molar-refractivity contribution in [2.45, 2.75) is 30.0 Å². The van der Waals surface area contributed by atoms with Crippen molar-refractivity contribution >= 4 is 15.9 Å². The molecule has 2 atom stereocenters. The van der Waals surface area contributed by atoms with Gasteiger partial charge in [0.1, 0.15) is 5.82 Å². The quantitative estimate of drug-likeness (QED) is 0.657. The van der Waals surface area contributed by atoms with Crippen molar-refractivity contribution in [3.63, 3.8) is 0 Å². The van der Waals surface area contributed by atoms with Crippen LogP contribution in [0.2, 0.25) is 0 Å². The average molecular weight is 243 g/mol. The van der Waals surface area contributed by atoms with Crippen molar-refractivity contribution in [2.24, 2.45) is 0 Å². The Morgan fingerprint density at radius 3 is 2.38 bits per heavy atom. The van der Waals surface area contributed by atoms with Crippen molar-refractivity contribution in [3.8, 4) is 0 Å². The van der Waals surface area contributed by atoms with Crippen LogP contribution in [0.15, 0.2) is 24.3 Å². The van der Waals surface area contributed by atoms with E-state index in [2.05, 4.69) is 15.9 Å². The van der Waals surface area contributed by atoms with Gasteiger partial charge in [-0.2, -0.15) is 0 Å². The standard InChI is InChI=1S/C11H12BrF/c12-11-3-1-2-10(11)8-4-6-9(13)7-5-8/h4-7,10-11H,1-3H2. The van der Waals surface area contributed by atoms with Gasteiger partial charge in [-0.05, 0) is 36.5 Å². The van der Waals surface area contributed by atoms with Gasteiger partial charge in [0.15, 0.2) is 0 Å². The van der Waals surface area contributed by atoms with E-state index in [9.17, 15) is 4.39 Å². The summed E-state index contributed by atoms with van der Waals surface area (Å²) in [6.45, 7) is 0. The van der Waals surface area contributed by atoms with E-state index >= 15 is 0 Å². The first-order valence-electron chi connectivity index (χ1n) is 4.67. The number of rotatable bonds is 1. The second kappa shape index (κ2) is 3.79. The molecule has 1 aromatic rings. The van der Waals surface area contributed by atoms with Gasteiger partial charge in [0.25, 0.3) is 0 Å². The van der Waals surface area contributed by atoms with Crippen molar-refractivity contribution in [3.05, 3.63) is 35.6 Å². The maximum Gasteiger partial charge on any atom is 0.123 e. The van der Waals surface area contributed by atoms with Crippen LogP contribution in [0.25, 0.3) is 0 Å². The van der Waals surface area contributed by atoms with Crippen LogP contribution in [0.5, 0.6) is 0 Å². The minimum atomic E-state index is -0.145. The zero-order chi connectivity index (χ0) is 9.26. The molecule has 0 spiro atoms. The van der Waals surface area contributed by atoms with Gasteiger partial charge in [0.05, 0.1) is 0 Å². The molecule has 13 heavy (non-hydrogen) atoms. The lowest BCUT2D eigenvalue weighted by atomic mass is 9.98. The molecule has 0 saturated heterocycles. The second-order valence-electron chi connectivity index (χ2n) is 3.60. The minimum Gasteiger partial charge on any atom is -0.207 e.